The van der Waals surface area contributed by atoms with Gasteiger partial charge in [0, 0.05) is 43.7 Å². The average Bonchev–Trinajstić information content (AvgIpc) is 3.84. The van der Waals surface area contributed by atoms with Gasteiger partial charge in [0.1, 0.15) is 11.2 Å². The summed E-state index contributed by atoms with van der Waals surface area (Å²) in [5.41, 5.74) is 9.78. The van der Waals surface area contributed by atoms with Crippen LogP contribution in [-0.4, -0.2) is 0 Å². The second-order valence-electron chi connectivity index (χ2n) is 14.4. The summed E-state index contributed by atoms with van der Waals surface area (Å²) >= 11 is 0. The fraction of sp³-hybridized carbons (Fsp3) is 0. The summed E-state index contributed by atoms with van der Waals surface area (Å²) in [6, 6.07) is 68.9. The first kappa shape index (κ1) is 30.9. The monoisotopic (exact) mass is 716 g/mol. The van der Waals surface area contributed by atoms with Crippen LogP contribution in [0.2, 0.25) is 0 Å². The van der Waals surface area contributed by atoms with Crippen LogP contribution in [0.1, 0.15) is 0 Å². The minimum atomic E-state index is 0.864. The fourth-order valence-corrected chi connectivity index (χ4v) is 8.96. The maximum Gasteiger partial charge on any atom is 0.159 e. The van der Waals surface area contributed by atoms with E-state index in [1.54, 1.807) is 0 Å². The van der Waals surface area contributed by atoms with E-state index in [0.29, 0.717) is 0 Å². The Kier molecular flexibility index (Phi) is 6.60. The van der Waals surface area contributed by atoms with Crippen molar-refractivity contribution in [1.82, 2.24) is 0 Å². The Morgan fingerprint density at radius 3 is 1.38 bits per heavy atom. The fourth-order valence-electron chi connectivity index (χ4n) is 8.96. The first-order valence-corrected chi connectivity index (χ1v) is 19.0. The minimum Gasteiger partial charge on any atom is -0.454 e. The van der Waals surface area contributed by atoms with Gasteiger partial charge in [-0.05, 0) is 82.2 Å². The lowest BCUT2D eigenvalue weighted by Gasteiger charge is -2.30. The predicted molar refractivity (Wildman–Crippen MR) is 234 cm³/mol. The van der Waals surface area contributed by atoms with E-state index in [1.165, 1.54) is 26.9 Å². The van der Waals surface area contributed by atoms with Crippen molar-refractivity contribution in [3.05, 3.63) is 194 Å². The van der Waals surface area contributed by atoms with E-state index in [4.69, 9.17) is 8.83 Å². The summed E-state index contributed by atoms with van der Waals surface area (Å²) in [6.07, 6.45) is 0. The average molecular weight is 717 g/mol. The Labute approximate surface area is 322 Å². The molecular weight excluding hydrogens is 685 g/mol. The van der Waals surface area contributed by atoms with Crippen LogP contribution in [0.25, 0.3) is 76.2 Å². The lowest BCUT2D eigenvalue weighted by atomic mass is 9.91. The SMILES string of the molecule is c1ccc(N(c2cc3ccc(N(c4ccccc4)c4cccc5c4oc4ccccc45)c4ccc5cccc2c5c34)c2cccc3c2oc2ccccc23)cc1. The van der Waals surface area contributed by atoms with Crippen LogP contribution in [0.15, 0.2) is 203 Å². The van der Waals surface area contributed by atoms with Crippen molar-refractivity contribution in [1.29, 1.82) is 0 Å². The van der Waals surface area contributed by atoms with Gasteiger partial charge in [-0.3, -0.25) is 0 Å². The van der Waals surface area contributed by atoms with Gasteiger partial charge in [-0.2, -0.15) is 0 Å². The summed E-state index contributed by atoms with van der Waals surface area (Å²) in [5.74, 6) is 0. The summed E-state index contributed by atoms with van der Waals surface area (Å²) < 4.78 is 13.3. The van der Waals surface area contributed by atoms with E-state index in [1.807, 2.05) is 18.2 Å². The number of nitrogens with zero attached hydrogens (tertiary/aromatic N) is 2. The van der Waals surface area contributed by atoms with Gasteiger partial charge in [0.2, 0.25) is 0 Å². The molecule has 0 aliphatic rings. The molecule has 0 unspecified atom stereocenters. The first-order chi connectivity index (χ1) is 27.8. The van der Waals surface area contributed by atoms with E-state index >= 15 is 0 Å². The Bertz CT molecular complexity index is 3430. The highest BCUT2D eigenvalue weighted by molar-refractivity contribution is 6.29. The maximum atomic E-state index is 6.67. The van der Waals surface area contributed by atoms with Crippen LogP contribution in [0, 0.1) is 0 Å². The topological polar surface area (TPSA) is 32.8 Å². The number of benzene rings is 10. The molecule has 0 aliphatic heterocycles. The molecule has 0 atom stereocenters. The molecule has 2 heterocycles. The van der Waals surface area contributed by atoms with E-state index in [-0.39, 0.29) is 0 Å². The summed E-state index contributed by atoms with van der Waals surface area (Å²) in [5, 5.41) is 11.6. The van der Waals surface area contributed by atoms with Crippen molar-refractivity contribution >= 4 is 110 Å². The highest BCUT2D eigenvalue weighted by atomic mass is 16.3. The quantitative estimate of drug-likeness (QED) is 0.160. The van der Waals surface area contributed by atoms with Gasteiger partial charge in [-0.15, -0.1) is 0 Å². The van der Waals surface area contributed by atoms with Crippen molar-refractivity contribution in [2.75, 3.05) is 9.80 Å². The van der Waals surface area contributed by atoms with Gasteiger partial charge in [-0.25, -0.2) is 0 Å². The molecule has 4 heteroatoms. The molecule has 12 rings (SSSR count). The number of furan rings is 2. The highest BCUT2D eigenvalue weighted by Gasteiger charge is 2.26. The molecule has 10 aromatic carbocycles. The lowest BCUT2D eigenvalue weighted by Crippen LogP contribution is -2.12. The lowest BCUT2D eigenvalue weighted by molar-refractivity contribution is 0.669. The van der Waals surface area contributed by atoms with Crippen molar-refractivity contribution in [2.24, 2.45) is 0 Å². The van der Waals surface area contributed by atoms with E-state index in [0.717, 1.165) is 83.4 Å². The third kappa shape index (κ3) is 4.47. The van der Waals surface area contributed by atoms with Crippen molar-refractivity contribution in [3.8, 4) is 0 Å². The summed E-state index contributed by atoms with van der Waals surface area (Å²) in [7, 11) is 0. The number of fused-ring (bicyclic) bond motifs is 6. The van der Waals surface area contributed by atoms with Gasteiger partial charge in [0.25, 0.3) is 0 Å². The van der Waals surface area contributed by atoms with Gasteiger partial charge in [0.15, 0.2) is 11.2 Å². The Balaban J connectivity index is 1.14. The number of rotatable bonds is 6. The van der Waals surface area contributed by atoms with Crippen LogP contribution < -0.4 is 9.80 Å². The second kappa shape index (κ2) is 12.0. The number of hydrogen-bond donors (Lipinski definition) is 0. The third-order valence-corrected chi connectivity index (χ3v) is 11.4. The van der Waals surface area contributed by atoms with Crippen molar-refractivity contribution in [2.45, 2.75) is 0 Å². The Hall–Kier alpha value is -7.56. The van der Waals surface area contributed by atoms with Crippen LogP contribution >= 0.6 is 0 Å². The van der Waals surface area contributed by atoms with Gasteiger partial charge >= 0.3 is 0 Å². The standard InChI is InChI=1S/C52H32N2O2/c1-3-15-35(16-4-1)53(44-24-12-21-39-37-19-7-9-26-47(37)55-51(39)44)43-31-29-34-32-46(41-23-11-14-33-28-30-42(43)50(34)49(33)41)54(36-17-5-2-6-18-36)45-25-13-22-40-38-20-8-10-27-48(38)56-52(40)45/h1-32H. The zero-order chi connectivity index (χ0) is 36.7. The molecular formula is C52H32N2O2. The van der Waals surface area contributed by atoms with Crippen LogP contribution in [0.4, 0.5) is 34.1 Å². The molecule has 56 heavy (non-hydrogen) atoms. The second-order valence-corrected chi connectivity index (χ2v) is 14.4. The Morgan fingerprint density at radius 2 is 0.750 bits per heavy atom. The number of para-hydroxylation sites is 6. The normalized spacial score (nSPS) is 11.9. The molecule has 0 N–H and O–H groups in total. The Morgan fingerprint density at radius 1 is 0.286 bits per heavy atom. The van der Waals surface area contributed by atoms with Crippen LogP contribution in [-0.2, 0) is 0 Å². The molecule has 0 aliphatic carbocycles. The van der Waals surface area contributed by atoms with Crippen molar-refractivity contribution in [3.63, 3.8) is 0 Å². The van der Waals surface area contributed by atoms with Gasteiger partial charge in [-0.1, -0.05) is 133 Å². The smallest absolute Gasteiger partial charge is 0.159 e. The summed E-state index contributed by atoms with van der Waals surface area (Å²) in [6.45, 7) is 0. The van der Waals surface area contributed by atoms with E-state index in [2.05, 4.69) is 186 Å². The molecule has 4 nitrogen and oxygen atoms in total. The van der Waals surface area contributed by atoms with E-state index in [9.17, 15) is 0 Å². The molecule has 0 radical (unpaired) electrons. The maximum absolute atomic E-state index is 6.67. The highest BCUT2D eigenvalue weighted by Crippen LogP contribution is 2.50. The molecule has 0 saturated carbocycles. The first-order valence-electron chi connectivity index (χ1n) is 19.0. The van der Waals surface area contributed by atoms with E-state index < -0.39 is 0 Å². The molecule has 262 valence electrons. The van der Waals surface area contributed by atoms with Gasteiger partial charge < -0.3 is 18.6 Å². The molecule has 12 aromatic rings. The zero-order valence-electron chi connectivity index (χ0n) is 30.2. The minimum absolute atomic E-state index is 0.864. The van der Waals surface area contributed by atoms with Gasteiger partial charge in [0.05, 0.1) is 22.7 Å². The van der Waals surface area contributed by atoms with Crippen LogP contribution in [0.5, 0.6) is 0 Å². The molecule has 0 fully saturated rings. The molecule has 0 bridgehead atoms. The molecule has 0 saturated heterocycles. The number of anilines is 6. The largest absolute Gasteiger partial charge is 0.454 e. The summed E-state index contributed by atoms with van der Waals surface area (Å²) in [4.78, 5) is 4.73. The predicted octanol–water partition coefficient (Wildman–Crippen LogP) is 15.3. The number of hydrogen-bond acceptors (Lipinski definition) is 4. The zero-order valence-corrected chi connectivity index (χ0v) is 30.2. The molecule has 0 amide bonds. The van der Waals surface area contributed by atoms with Crippen LogP contribution in [0.3, 0.4) is 0 Å². The molecule has 2 aromatic heterocycles. The molecule has 0 spiro atoms. The van der Waals surface area contributed by atoms with Crippen molar-refractivity contribution < 1.29 is 8.83 Å². The third-order valence-electron chi connectivity index (χ3n) is 11.4.